The molecule has 0 rings (SSSR count). The van der Waals surface area contributed by atoms with Gasteiger partial charge in [-0.05, 0) is 0 Å². The summed E-state index contributed by atoms with van der Waals surface area (Å²) in [6, 6.07) is 0. The highest BCUT2D eigenvalue weighted by atomic mass is 32.1. The zero-order valence-corrected chi connectivity index (χ0v) is 7.90. The Labute approximate surface area is 72.3 Å². The predicted molar refractivity (Wildman–Crippen MR) is 47.5 cm³/mol. The molecule has 0 radical (unpaired) electrons. The number of rotatable bonds is 3. The van der Waals surface area contributed by atoms with Crippen molar-refractivity contribution in [3.8, 4) is 0 Å². The highest BCUT2D eigenvalue weighted by Crippen LogP contribution is 1.97. The lowest BCUT2D eigenvalue weighted by Crippen LogP contribution is -2.20. The lowest BCUT2D eigenvalue weighted by Gasteiger charge is -2.12. The number of ether oxygens (including phenoxy) is 1. The van der Waals surface area contributed by atoms with Crippen LogP contribution in [0, 0.1) is 0 Å². The Hall–Kier alpha value is -0.640. The average molecular weight is 175 g/mol. The van der Waals surface area contributed by atoms with E-state index in [4.69, 9.17) is 12.2 Å². The fraction of sp³-hybridized carbons (Fsp3) is 0.714. The molecule has 0 amide bonds. The van der Waals surface area contributed by atoms with Crippen molar-refractivity contribution in [2.24, 2.45) is 0 Å². The second-order valence-corrected chi connectivity index (χ2v) is 2.84. The standard InChI is InChI=1S/C7H13NO2S/c1-8(2)6(11)4-5-7(9)10-3/h4-5H2,1-3H3. The normalized spacial score (nSPS) is 9.00. The van der Waals surface area contributed by atoms with Gasteiger partial charge in [0.15, 0.2) is 0 Å². The maximum Gasteiger partial charge on any atom is 0.305 e. The summed E-state index contributed by atoms with van der Waals surface area (Å²) in [5.41, 5.74) is 0. The van der Waals surface area contributed by atoms with Gasteiger partial charge in [-0.25, -0.2) is 0 Å². The molecular formula is C7H13NO2S. The van der Waals surface area contributed by atoms with E-state index < -0.39 is 0 Å². The second-order valence-electron chi connectivity index (χ2n) is 2.36. The Kier molecular flexibility index (Phi) is 4.77. The number of carbonyl (C=O) groups is 1. The first-order valence-corrected chi connectivity index (χ1v) is 3.75. The number of methoxy groups -OCH3 is 1. The molecule has 0 spiro atoms. The van der Waals surface area contributed by atoms with Crippen LogP contribution in [0.5, 0.6) is 0 Å². The fourth-order valence-corrected chi connectivity index (χ4v) is 0.637. The van der Waals surface area contributed by atoms with Gasteiger partial charge >= 0.3 is 5.97 Å². The number of thiocarbonyl (C=S) groups is 1. The molecule has 0 fully saturated rings. The van der Waals surface area contributed by atoms with Gasteiger partial charge in [-0.3, -0.25) is 4.79 Å². The monoisotopic (exact) mass is 175 g/mol. The third kappa shape index (κ3) is 4.72. The van der Waals surface area contributed by atoms with Crippen molar-refractivity contribution < 1.29 is 9.53 Å². The summed E-state index contributed by atoms with van der Waals surface area (Å²) >= 11 is 4.96. The summed E-state index contributed by atoms with van der Waals surface area (Å²) in [6.45, 7) is 0. The van der Waals surface area contributed by atoms with Gasteiger partial charge in [0.25, 0.3) is 0 Å². The van der Waals surface area contributed by atoms with Gasteiger partial charge in [0.05, 0.1) is 18.5 Å². The molecule has 0 saturated carbocycles. The minimum atomic E-state index is -0.214. The van der Waals surface area contributed by atoms with Crippen LogP contribution in [-0.2, 0) is 9.53 Å². The highest BCUT2D eigenvalue weighted by Gasteiger charge is 2.03. The summed E-state index contributed by atoms with van der Waals surface area (Å²) in [5, 5.41) is 0. The van der Waals surface area contributed by atoms with E-state index in [2.05, 4.69) is 4.74 Å². The van der Waals surface area contributed by atoms with E-state index in [1.54, 1.807) is 0 Å². The number of carbonyl (C=O) groups excluding carboxylic acids is 1. The molecule has 0 heterocycles. The van der Waals surface area contributed by atoms with Gasteiger partial charge in [0, 0.05) is 20.5 Å². The summed E-state index contributed by atoms with van der Waals surface area (Å²) in [7, 11) is 5.10. The van der Waals surface area contributed by atoms with Gasteiger partial charge in [0.1, 0.15) is 0 Å². The van der Waals surface area contributed by atoms with Gasteiger partial charge in [-0.1, -0.05) is 12.2 Å². The van der Waals surface area contributed by atoms with E-state index in [1.807, 2.05) is 19.0 Å². The molecule has 3 nitrogen and oxygen atoms in total. The molecule has 0 aliphatic carbocycles. The van der Waals surface area contributed by atoms with Crippen molar-refractivity contribution >= 4 is 23.2 Å². The molecule has 11 heavy (non-hydrogen) atoms. The summed E-state index contributed by atoms with van der Waals surface area (Å²) < 4.78 is 4.46. The second kappa shape index (κ2) is 5.07. The molecule has 0 aromatic rings. The Bertz CT molecular complexity index is 157. The summed E-state index contributed by atoms with van der Waals surface area (Å²) in [4.78, 5) is 13.2. The maximum absolute atomic E-state index is 10.6. The SMILES string of the molecule is COC(=O)CCC(=S)N(C)C. The van der Waals surface area contributed by atoms with E-state index in [9.17, 15) is 4.79 Å². The molecular weight excluding hydrogens is 162 g/mol. The van der Waals surface area contributed by atoms with E-state index in [1.165, 1.54) is 7.11 Å². The lowest BCUT2D eigenvalue weighted by molar-refractivity contribution is -0.140. The van der Waals surface area contributed by atoms with E-state index in [0.717, 1.165) is 4.99 Å². The van der Waals surface area contributed by atoms with Crippen LogP contribution in [0.2, 0.25) is 0 Å². The summed E-state index contributed by atoms with van der Waals surface area (Å²) in [5.74, 6) is -0.214. The van der Waals surface area contributed by atoms with Crippen LogP contribution in [0.15, 0.2) is 0 Å². The van der Waals surface area contributed by atoms with Crippen molar-refractivity contribution in [1.29, 1.82) is 0 Å². The molecule has 0 aromatic carbocycles. The quantitative estimate of drug-likeness (QED) is 0.469. The van der Waals surface area contributed by atoms with Crippen molar-refractivity contribution in [3.63, 3.8) is 0 Å². The first-order chi connectivity index (χ1) is 5.07. The Morgan fingerprint density at radius 1 is 1.45 bits per heavy atom. The zero-order valence-electron chi connectivity index (χ0n) is 7.09. The minimum absolute atomic E-state index is 0.214. The molecule has 64 valence electrons. The molecule has 4 heteroatoms. The molecule has 0 bridgehead atoms. The van der Waals surface area contributed by atoms with Crippen LogP contribution in [-0.4, -0.2) is 37.1 Å². The fourth-order valence-electron chi connectivity index (χ4n) is 0.535. The maximum atomic E-state index is 10.6. The van der Waals surface area contributed by atoms with E-state index >= 15 is 0 Å². The average Bonchev–Trinajstić information content (AvgIpc) is 1.99. The molecule has 0 aliphatic rings. The zero-order chi connectivity index (χ0) is 8.85. The predicted octanol–water partition coefficient (Wildman–Crippen LogP) is 0.829. The summed E-state index contributed by atoms with van der Waals surface area (Å²) in [6.07, 6.45) is 0.961. The topological polar surface area (TPSA) is 29.5 Å². The van der Waals surface area contributed by atoms with E-state index in [-0.39, 0.29) is 5.97 Å². The number of nitrogens with zero attached hydrogens (tertiary/aromatic N) is 1. The van der Waals surface area contributed by atoms with Crippen molar-refractivity contribution in [3.05, 3.63) is 0 Å². The van der Waals surface area contributed by atoms with Crippen LogP contribution < -0.4 is 0 Å². The highest BCUT2D eigenvalue weighted by molar-refractivity contribution is 7.80. The van der Waals surface area contributed by atoms with Crippen molar-refractivity contribution in [1.82, 2.24) is 4.90 Å². The third-order valence-electron chi connectivity index (χ3n) is 1.27. The molecule has 0 aliphatic heterocycles. The van der Waals surface area contributed by atoms with E-state index in [0.29, 0.717) is 12.8 Å². The lowest BCUT2D eigenvalue weighted by atomic mass is 10.3. The minimum Gasteiger partial charge on any atom is -0.469 e. The number of esters is 1. The molecule has 0 saturated heterocycles. The number of hydrogen-bond acceptors (Lipinski definition) is 3. The third-order valence-corrected chi connectivity index (χ3v) is 1.84. The van der Waals surface area contributed by atoms with Crippen LogP contribution in [0.4, 0.5) is 0 Å². The molecule has 0 aromatic heterocycles. The Morgan fingerprint density at radius 2 is 2.00 bits per heavy atom. The smallest absolute Gasteiger partial charge is 0.305 e. The van der Waals surface area contributed by atoms with Gasteiger partial charge in [-0.2, -0.15) is 0 Å². The van der Waals surface area contributed by atoms with Crippen LogP contribution >= 0.6 is 12.2 Å². The van der Waals surface area contributed by atoms with Crippen molar-refractivity contribution in [2.75, 3.05) is 21.2 Å². The van der Waals surface area contributed by atoms with Gasteiger partial charge < -0.3 is 9.64 Å². The molecule has 0 unspecified atom stereocenters. The van der Waals surface area contributed by atoms with Crippen LogP contribution in [0.3, 0.4) is 0 Å². The molecule has 0 atom stereocenters. The molecule has 0 N–H and O–H groups in total. The van der Waals surface area contributed by atoms with Crippen LogP contribution in [0.25, 0.3) is 0 Å². The first kappa shape index (κ1) is 10.4. The van der Waals surface area contributed by atoms with Gasteiger partial charge in [0.2, 0.25) is 0 Å². The largest absolute Gasteiger partial charge is 0.469 e. The first-order valence-electron chi connectivity index (χ1n) is 3.35. The Morgan fingerprint density at radius 3 is 2.36 bits per heavy atom. The Balaban J connectivity index is 3.54. The van der Waals surface area contributed by atoms with Crippen molar-refractivity contribution in [2.45, 2.75) is 12.8 Å². The van der Waals surface area contributed by atoms with Gasteiger partial charge in [-0.15, -0.1) is 0 Å². The number of hydrogen-bond donors (Lipinski definition) is 0. The van der Waals surface area contributed by atoms with Crippen LogP contribution in [0.1, 0.15) is 12.8 Å².